The predicted molar refractivity (Wildman–Crippen MR) is 95.1 cm³/mol. The maximum atomic E-state index is 11.7. The van der Waals surface area contributed by atoms with Crippen LogP contribution in [0.1, 0.15) is 43.2 Å². The van der Waals surface area contributed by atoms with Crippen molar-refractivity contribution in [3.05, 3.63) is 47.8 Å². The minimum Gasteiger partial charge on any atom is -0.481 e. The van der Waals surface area contributed by atoms with Gasteiger partial charge in [-0.15, -0.1) is 0 Å². The predicted octanol–water partition coefficient (Wildman–Crippen LogP) is 2.45. The van der Waals surface area contributed by atoms with Crippen molar-refractivity contribution in [3.8, 4) is 11.4 Å². The van der Waals surface area contributed by atoms with Crippen LogP contribution in [0.3, 0.4) is 0 Å². The molecule has 0 amide bonds. The number of hydrogen-bond donors (Lipinski definition) is 2. The fourth-order valence-electron chi connectivity index (χ4n) is 2.54. The fraction of sp³-hybridized carbons (Fsp3) is 0.316. The molecule has 2 aromatic heterocycles. The van der Waals surface area contributed by atoms with Crippen molar-refractivity contribution < 1.29 is 29.3 Å². The molecule has 0 aliphatic carbocycles. The van der Waals surface area contributed by atoms with Crippen LogP contribution in [0.15, 0.2) is 36.7 Å². The third-order valence-electron chi connectivity index (χ3n) is 4.08. The van der Waals surface area contributed by atoms with Gasteiger partial charge in [-0.25, -0.2) is 0 Å². The van der Waals surface area contributed by atoms with Gasteiger partial charge in [0, 0.05) is 12.4 Å². The molecule has 2 heterocycles. The summed E-state index contributed by atoms with van der Waals surface area (Å²) in [5, 5.41) is 18.6. The molecule has 0 aliphatic heterocycles. The zero-order chi connectivity index (χ0) is 20.0. The van der Waals surface area contributed by atoms with Crippen LogP contribution in [0.5, 0.6) is 0 Å². The number of rotatable bonds is 8. The number of carbonyl (C=O) groups excluding carboxylic acids is 1. The van der Waals surface area contributed by atoms with Crippen molar-refractivity contribution in [1.82, 2.24) is 9.97 Å². The summed E-state index contributed by atoms with van der Waals surface area (Å²) in [5.74, 6) is -4.51. The molecular formula is C19H20N2O6. The fourth-order valence-corrected chi connectivity index (χ4v) is 2.54. The average molecular weight is 372 g/mol. The molecule has 0 aromatic carbocycles. The van der Waals surface area contributed by atoms with Crippen LogP contribution >= 0.6 is 0 Å². The summed E-state index contributed by atoms with van der Waals surface area (Å²) in [7, 11) is 0. The van der Waals surface area contributed by atoms with Gasteiger partial charge in [0.25, 0.3) is 0 Å². The molecule has 2 atom stereocenters. The topological polar surface area (TPSA) is 127 Å². The van der Waals surface area contributed by atoms with Crippen molar-refractivity contribution >= 4 is 17.9 Å². The number of ether oxygens (including phenoxy) is 1. The van der Waals surface area contributed by atoms with Crippen LogP contribution in [0, 0.1) is 0 Å². The molecule has 0 aliphatic rings. The maximum absolute atomic E-state index is 11.7. The molecule has 0 spiro atoms. The molecule has 8 nitrogen and oxygen atoms in total. The molecule has 2 rings (SSSR count). The summed E-state index contributed by atoms with van der Waals surface area (Å²) in [6.45, 7) is 3.38. The monoisotopic (exact) mass is 372 g/mol. The largest absolute Gasteiger partial charge is 0.481 e. The Morgan fingerprint density at radius 3 is 2.07 bits per heavy atom. The Bertz CT molecular complexity index is 852. The van der Waals surface area contributed by atoms with Gasteiger partial charge in [0.15, 0.2) is 0 Å². The molecule has 0 saturated heterocycles. The number of carboxylic acid groups (broad SMARTS) is 2. The van der Waals surface area contributed by atoms with E-state index in [0.717, 1.165) is 0 Å². The Labute approximate surface area is 155 Å². The highest BCUT2D eigenvalue weighted by Gasteiger charge is 2.25. The number of aliphatic carboxylic acids is 2. The van der Waals surface area contributed by atoms with Crippen molar-refractivity contribution in [2.24, 2.45) is 0 Å². The summed E-state index contributed by atoms with van der Waals surface area (Å²) in [5.41, 5.74) is 1.75. The van der Waals surface area contributed by atoms with Gasteiger partial charge in [-0.3, -0.25) is 24.4 Å². The van der Waals surface area contributed by atoms with Crippen LogP contribution in [0.25, 0.3) is 11.4 Å². The summed E-state index contributed by atoms with van der Waals surface area (Å²) in [4.78, 5) is 42.9. The Morgan fingerprint density at radius 1 is 1.00 bits per heavy atom. The summed E-state index contributed by atoms with van der Waals surface area (Å²) in [6.07, 6.45) is 2.61. The Balaban J connectivity index is 2.36. The van der Waals surface area contributed by atoms with E-state index in [1.165, 1.54) is 24.5 Å². The summed E-state index contributed by atoms with van der Waals surface area (Å²) < 4.78 is 4.84. The van der Waals surface area contributed by atoms with E-state index in [1.807, 2.05) is 0 Å². The lowest BCUT2D eigenvalue weighted by Crippen LogP contribution is -2.18. The van der Waals surface area contributed by atoms with Gasteiger partial charge >= 0.3 is 17.9 Å². The van der Waals surface area contributed by atoms with E-state index >= 15 is 0 Å². The summed E-state index contributed by atoms with van der Waals surface area (Å²) in [6, 6.07) is 6.26. The number of pyridine rings is 2. The number of carbonyl (C=O) groups is 3. The zero-order valence-electron chi connectivity index (χ0n) is 15.0. The first-order valence-corrected chi connectivity index (χ1v) is 8.37. The number of hydrogen-bond acceptors (Lipinski definition) is 6. The van der Waals surface area contributed by atoms with Gasteiger partial charge in [-0.2, -0.15) is 0 Å². The van der Waals surface area contributed by atoms with Crippen molar-refractivity contribution in [3.63, 3.8) is 0 Å². The molecule has 2 aromatic rings. The highest BCUT2D eigenvalue weighted by atomic mass is 16.5. The highest BCUT2D eigenvalue weighted by molar-refractivity contribution is 5.83. The SMILES string of the molecule is CCOC(=O)CC(C(=O)O)c1ccnc(-c2cc(C(C)C(=O)O)ccn2)c1. The molecule has 0 fully saturated rings. The number of esters is 1. The normalized spacial score (nSPS) is 12.8. The second kappa shape index (κ2) is 8.88. The smallest absolute Gasteiger partial charge is 0.311 e. The van der Waals surface area contributed by atoms with E-state index < -0.39 is 29.7 Å². The zero-order valence-corrected chi connectivity index (χ0v) is 15.0. The molecule has 2 unspecified atom stereocenters. The van der Waals surface area contributed by atoms with Crippen molar-refractivity contribution in [2.45, 2.75) is 32.1 Å². The minimum absolute atomic E-state index is 0.172. The van der Waals surface area contributed by atoms with Crippen molar-refractivity contribution in [1.29, 1.82) is 0 Å². The van der Waals surface area contributed by atoms with Crippen LogP contribution in [0.4, 0.5) is 0 Å². The molecule has 27 heavy (non-hydrogen) atoms. The van der Waals surface area contributed by atoms with Gasteiger partial charge in [0.1, 0.15) is 0 Å². The van der Waals surface area contributed by atoms with Crippen LogP contribution in [0.2, 0.25) is 0 Å². The standard InChI is InChI=1S/C19H20N2O6/c1-3-27-17(22)10-14(19(25)26)13-5-7-21-16(9-13)15-8-12(4-6-20-15)11(2)18(23)24/h4-9,11,14H,3,10H2,1-2H3,(H,23,24)(H,25,26). The average Bonchev–Trinajstić information content (AvgIpc) is 2.65. The molecule has 8 heteroatoms. The lowest BCUT2D eigenvalue weighted by molar-refractivity contribution is -0.148. The molecular weight excluding hydrogens is 352 g/mol. The van der Waals surface area contributed by atoms with E-state index in [1.54, 1.807) is 26.0 Å². The van der Waals surface area contributed by atoms with Crippen LogP contribution < -0.4 is 0 Å². The third-order valence-corrected chi connectivity index (χ3v) is 4.08. The molecule has 0 saturated carbocycles. The maximum Gasteiger partial charge on any atom is 0.311 e. The highest BCUT2D eigenvalue weighted by Crippen LogP contribution is 2.26. The van der Waals surface area contributed by atoms with E-state index in [-0.39, 0.29) is 13.0 Å². The molecule has 0 radical (unpaired) electrons. The minimum atomic E-state index is -1.15. The number of aromatic nitrogens is 2. The molecule has 142 valence electrons. The van der Waals surface area contributed by atoms with Crippen LogP contribution in [-0.2, 0) is 19.1 Å². The lowest BCUT2D eigenvalue weighted by Gasteiger charge is -2.13. The van der Waals surface area contributed by atoms with Gasteiger partial charge in [-0.05, 0) is 49.2 Å². The summed E-state index contributed by atoms with van der Waals surface area (Å²) >= 11 is 0. The Morgan fingerprint density at radius 2 is 1.56 bits per heavy atom. The second-order valence-corrected chi connectivity index (χ2v) is 5.91. The quantitative estimate of drug-likeness (QED) is 0.677. The van der Waals surface area contributed by atoms with Crippen molar-refractivity contribution in [2.75, 3.05) is 6.61 Å². The van der Waals surface area contributed by atoms with E-state index in [0.29, 0.717) is 22.5 Å². The van der Waals surface area contributed by atoms with Gasteiger partial charge in [0.2, 0.25) is 0 Å². The number of carboxylic acids is 2. The lowest BCUT2D eigenvalue weighted by atomic mass is 9.95. The molecule has 0 bridgehead atoms. The van der Waals surface area contributed by atoms with Crippen LogP contribution in [-0.4, -0.2) is 44.7 Å². The van der Waals surface area contributed by atoms with Gasteiger partial charge < -0.3 is 14.9 Å². The van der Waals surface area contributed by atoms with E-state index in [2.05, 4.69) is 9.97 Å². The first kappa shape index (κ1) is 20.0. The second-order valence-electron chi connectivity index (χ2n) is 5.91. The molecule has 2 N–H and O–H groups in total. The van der Waals surface area contributed by atoms with Gasteiger partial charge in [-0.1, -0.05) is 0 Å². The first-order chi connectivity index (χ1) is 12.8. The number of nitrogens with zero attached hydrogens (tertiary/aromatic N) is 2. The van der Waals surface area contributed by atoms with Gasteiger partial charge in [0.05, 0.1) is 36.3 Å². The Kier molecular flexibility index (Phi) is 6.59. The third kappa shape index (κ3) is 5.10. The first-order valence-electron chi connectivity index (χ1n) is 8.37. The van der Waals surface area contributed by atoms with E-state index in [9.17, 15) is 19.5 Å². The van der Waals surface area contributed by atoms with E-state index in [4.69, 9.17) is 9.84 Å². The Hall–Kier alpha value is -3.29.